The zero-order chi connectivity index (χ0) is 106. The molecule has 0 unspecified atom stereocenters. The largest absolute Gasteiger partial charge is 0.478 e. The van der Waals surface area contributed by atoms with E-state index in [9.17, 15) is 43.2 Å². The number of aromatic carboxylic acids is 1. The molecule has 7 aromatic heterocycles. The number of anilines is 7. The molecular weight excluding hydrogens is 2160 g/mol. The highest BCUT2D eigenvalue weighted by Gasteiger charge is 2.24. The summed E-state index contributed by atoms with van der Waals surface area (Å²) in [6.07, 6.45) is 20.3. The van der Waals surface area contributed by atoms with Gasteiger partial charge in [0.1, 0.15) is 49.8 Å². The summed E-state index contributed by atoms with van der Waals surface area (Å²) in [5, 5.41) is 31.2. The lowest BCUT2D eigenvalue weighted by atomic mass is 10.1. The van der Waals surface area contributed by atoms with E-state index in [2.05, 4.69) is 234 Å². The highest BCUT2D eigenvalue weighted by molar-refractivity contribution is 9.28. The Balaban J connectivity index is 0.000000549. The molecule has 0 spiro atoms. The average Bonchev–Trinajstić information content (AvgIpc) is 1.48. The average molecular weight is 2270 g/mol. The zero-order valence-electron chi connectivity index (χ0n) is 81.9. The van der Waals surface area contributed by atoms with Gasteiger partial charge in [0.2, 0.25) is 0 Å². The third-order valence-corrected chi connectivity index (χ3v) is 21.3. The van der Waals surface area contributed by atoms with Gasteiger partial charge in [0.25, 0.3) is 0 Å². The van der Waals surface area contributed by atoms with E-state index in [1.54, 1.807) is 147 Å². The number of benzene rings is 3. The van der Waals surface area contributed by atoms with E-state index < -0.39 is 98.3 Å². The van der Waals surface area contributed by atoms with Gasteiger partial charge in [0.05, 0.1) is 88.6 Å². The molecule has 7 heterocycles. The highest BCUT2D eigenvalue weighted by Crippen LogP contribution is 2.27. The first-order chi connectivity index (χ1) is 64.9. The third kappa shape index (κ3) is 63.1. The van der Waals surface area contributed by atoms with Crippen molar-refractivity contribution >= 4 is 240 Å². The molecule has 32 nitrogen and oxygen atoms in total. The predicted molar refractivity (Wildman–Crippen MR) is 579 cm³/mol. The van der Waals surface area contributed by atoms with Gasteiger partial charge in [-0.05, 0) is 280 Å². The Morgan fingerprint density at radius 2 is 0.686 bits per heavy atom. The first-order valence-corrected chi connectivity index (χ1v) is 56.3. The summed E-state index contributed by atoms with van der Waals surface area (Å²) in [5.41, 5.74) is 11.7. The maximum atomic E-state index is 11.7. The van der Waals surface area contributed by atoms with E-state index >= 15 is 0 Å². The van der Waals surface area contributed by atoms with Gasteiger partial charge in [0, 0.05) is 34.3 Å². The van der Waals surface area contributed by atoms with Gasteiger partial charge in [-0.15, -0.1) is 46.6 Å². The second-order valence-electron chi connectivity index (χ2n) is 35.1. The molecule has 9 N–H and O–H groups in total. The van der Waals surface area contributed by atoms with Crippen molar-refractivity contribution in [2.75, 3.05) is 51.9 Å². The number of methoxy groups -OCH3 is 2. The number of amides is 6. The van der Waals surface area contributed by atoms with E-state index in [1.807, 2.05) is 85.9 Å². The van der Waals surface area contributed by atoms with Crippen LogP contribution in [0.15, 0.2) is 134 Å². The third-order valence-electron chi connectivity index (χ3n) is 13.1. The second kappa shape index (κ2) is 60.4. The molecular formula is C96H111Br3N14O18S7Si2. The molecule has 0 aliphatic carbocycles. The molecule has 44 heteroatoms. The number of halogens is 3. The number of nitrogens with one attached hydrogen (secondary N) is 6. The zero-order valence-corrected chi connectivity index (χ0v) is 94.4. The molecule has 0 fully saturated rings. The van der Waals surface area contributed by atoms with Crippen LogP contribution < -0.4 is 37.6 Å². The fourth-order valence-electron chi connectivity index (χ4n) is 7.85. The van der Waals surface area contributed by atoms with E-state index in [1.165, 1.54) is 118 Å². The Hall–Kier alpha value is -12.6. The van der Waals surface area contributed by atoms with Crippen LogP contribution in [0.25, 0.3) is 6.08 Å². The number of rotatable bonds is 10. The van der Waals surface area contributed by atoms with E-state index in [0.717, 1.165) is 23.2 Å². The maximum absolute atomic E-state index is 11.7. The van der Waals surface area contributed by atoms with Gasteiger partial charge in [-0.1, -0.05) is 132 Å². The summed E-state index contributed by atoms with van der Waals surface area (Å²) in [7, 11) is 0.207. The van der Waals surface area contributed by atoms with Crippen LogP contribution in [-0.4, -0.2) is 158 Å². The van der Waals surface area contributed by atoms with E-state index in [4.69, 9.17) is 52.1 Å². The van der Waals surface area contributed by atoms with Crippen molar-refractivity contribution in [1.29, 1.82) is 0 Å². The molecule has 6 amide bonds. The Morgan fingerprint density at radius 1 is 0.393 bits per heavy atom. The molecule has 744 valence electrons. The molecule has 10 aromatic rings. The Bertz CT molecular complexity index is 6170. The number of thiazole rings is 7. The van der Waals surface area contributed by atoms with Gasteiger partial charge in [-0.3, -0.25) is 31.9 Å². The van der Waals surface area contributed by atoms with Crippen LogP contribution >= 0.6 is 127 Å². The van der Waals surface area contributed by atoms with Crippen LogP contribution in [0.5, 0.6) is 0 Å². The number of carboxylic acids is 1. The van der Waals surface area contributed by atoms with Crippen molar-refractivity contribution in [3.63, 3.8) is 0 Å². The van der Waals surface area contributed by atoms with Crippen LogP contribution in [-0.2, 0) is 37.9 Å². The number of carbonyl (C=O) groups excluding carboxylic acids is 8. The molecule has 0 aliphatic rings. The van der Waals surface area contributed by atoms with Crippen molar-refractivity contribution in [2.45, 2.75) is 198 Å². The van der Waals surface area contributed by atoms with Crippen molar-refractivity contribution in [2.24, 2.45) is 0 Å². The van der Waals surface area contributed by atoms with Gasteiger partial charge < -0.3 is 48.7 Å². The maximum Gasteiger partial charge on any atom is 0.413 e. The summed E-state index contributed by atoms with van der Waals surface area (Å²) >= 11 is 18.9. The number of carboxylic acid groups (broad SMARTS) is 1. The number of nitrogen functional groups attached to an aromatic ring is 1. The number of carbonyl (C=O) groups is 9. The lowest BCUT2D eigenvalue weighted by molar-refractivity contribution is 0.0592. The minimum Gasteiger partial charge on any atom is -0.478 e. The number of terminal acetylenes is 2. The molecule has 0 atom stereocenters. The van der Waals surface area contributed by atoms with E-state index in [0.29, 0.717) is 67.2 Å². The molecule has 0 aliphatic heterocycles. The SMILES string of the molecule is C#C[Si](C)(C)C.C#Cc1cnc(NC(=O)OC(C)(C)C)s1.CC(C)(C)OC(=O)Nc1ncc(Br)s1.CC(C)(C)OC(=O)Nc1ncc(C#CC#Cc2ccc(C(=O)O)cc2)s1.CC(C)(C)OC(=O)Nc1ncc(C#C[Si](C)(C)C)s1.CC(C)(C)OC(=O)Nc1nccs1.COC(=O)c1ccc(C#CC#Cc2cnc(NC(=O)OC(C)(C)C)s2)cc1.COC(=O)c1ccc(C=C(Br)Br)cc1.Nc1nccs1. The lowest BCUT2D eigenvalue weighted by Crippen LogP contribution is -2.27. The van der Waals surface area contributed by atoms with Crippen molar-refractivity contribution in [3.8, 4) is 83.1 Å². The van der Waals surface area contributed by atoms with Crippen molar-refractivity contribution < 1.29 is 86.2 Å². The number of esters is 2. The predicted octanol–water partition coefficient (Wildman–Crippen LogP) is 25.0. The minimum absolute atomic E-state index is 0.205. The summed E-state index contributed by atoms with van der Waals surface area (Å²) in [5.74, 6) is 26.1. The fourth-order valence-corrected chi connectivity index (χ4v) is 13.5. The summed E-state index contributed by atoms with van der Waals surface area (Å²) < 4.78 is 41.5. The van der Waals surface area contributed by atoms with Crippen molar-refractivity contribution in [1.82, 2.24) is 34.9 Å². The van der Waals surface area contributed by atoms with Crippen LogP contribution in [0.3, 0.4) is 0 Å². The Labute approximate surface area is 872 Å². The molecule has 140 heavy (non-hydrogen) atoms. The standard InChI is InChI=1S/C20H18N2O4S.C19H16N2O4S.C13H20N2O2SSi.C10H8Br2O2.C10H12N2O2S.C8H11BrN2O2S.C8H12N2O2S.C5H10Si.C3H4N2S/c1-20(2,3)26-19(24)22-18-21-13-16(27-18)8-6-5-7-14-9-11-15(12-10-14)17(23)25-4;1-19(2,3)25-18(24)21-17-20-12-15(26-17)7-5-4-6-13-8-10-14(11-9-13)16(22)23;1-13(2,3)17-12(16)15-11-14-9-10(18-11)7-8-19(4,5)6;1-14-10(13)8-4-2-7(3-5-8)6-9(11)12;1-5-7-6-11-8(15-7)12-9(13)14-10(2,3)4;1-8(2,3)13-7(12)11-6-10-4-5(9)14-6;1-8(2,3)12-7(11)10-6-9-4-5-13-6;1-5-6(2,3)4;4-3-5-1-2-6-3/h9-13H,1-4H3,(H,21,22,24);8-12H,1-3H3,(H,22,23)(H,20,21,24);9H,1-6H3,(H,14,15,16);2-6H,1H3;1,6H,2-4H3,(H,11,12,13);4H,1-3H3,(H,10,11,12);4-5H,1-3H3,(H,9,10,11);1H,2-4H3;1-2H,(H2,4,5). The molecule has 3 aromatic carbocycles. The van der Waals surface area contributed by atoms with Crippen LogP contribution in [0.1, 0.15) is 192 Å². The van der Waals surface area contributed by atoms with Crippen LogP contribution in [0, 0.1) is 83.1 Å². The fraction of sp³-hybridized carbons (Fsp3) is 0.333. The summed E-state index contributed by atoms with van der Waals surface area (Å²) in [6.45, 7) is 45.4. The van der Waals surface area contributed by atoms with Gasteiger partial charge in [-0.25, -0.2) is 78.0 Å². The highest BCUT2D eigenvalue weighted by atomic mass is 79.9. The molecule has 0 saturated heterocycles. The first-order valence-electron chi connectivity index (χ1n) is 41.1. The number of hydrogen-bond acceptors (Lipinski definition) is 32. The van der Waals surface area contributed by atoms with Crippen molar-refractivity contribution in [3.05, 3.63) is 187 Å². The smallest absolute Gasteiger partial charge is 0.413 e. The normalized spacial score (nSPS) is 10.3. The first kappa shape index (κ1) is 123. The Kier molecular flexibility index (Phi) is 53.3. The minimum atomic E-state index is -1.39. The van der Waals surface area contributed by atoms with Gasteiger partial charge in [0.15, 0.2) is 35.9 Å². The monoisotopic (exact) mass is 2260 g/mol. The molecule has 0 saturated carbocycles. The number of aromatic nitrogens is 7. The number of nitrogens with zero attached hydrogens (tertiary/aromatic N) is 7. The summed E-state index contributed by atoms with van der Waals surface area (Å²) in [6, 6.07) is 20.1. The summed E-state index contributed by atoms with van der Waals surface area (Å²) in [4.78, 5) is 132. The quantitative estimate of drug-likeness (QED) is 0.0273. The molecule has 0 bridgehead atoms. The van der Waals surface area contributed by atoms with Gasteiger partial charge >= 0.3 is 54.5 Å². The second-order valence-corrected chi connectivity index (χ2v) is 55.8. The molecule has 10 rings (SSSR count). The van der Waals surface area contributed by atoms with E-state index in [-0.39, 0.29) is 11.5 Å². The van der Waals surface area contributed by atoms with Crippen LogP contribution in [0.4, 0.5) is 64.7 Å². The molecule has 0 radical (unpaired) electrons. The topological polar surface area (TPSA) is 436 Å². The van der Waals surface area contributed by atoms with Gasteiger partial charge in [-0.2, -0.15) is 0 Å². The number of nitrogens with two attached hydrogens (primary N) is 1. The Morgan fingerprint density at radius 3 is 0.943 bits per heavy atom. The number of hydrogen-bond donors (Lipinski definition) is 8. The number of ether oxygens (including phenoxy) is 8. The van der Waals surface area contributed by atoms with Crippen LogP contribution in [0.2, 0.25) is 39.3 Å². The lowest BCUT2D eigenvalue weighted by Gasteiger charge is -2.18.